The van der Waals surface area contributed by atoms with Crippen molar-refractivity contribution in [3.63, 3.8) is 0 Å². The number of pyridine rings is 1. The van der Waals surface area contributed by atoms with Crippen molar-refractivity contribution in [2.45, 2.75) is 53.5 Å². The zero-order valence-electron chi connectivity index (χ0n) is 20.9. The number of anilines is 1. The molecule has 1 saturated heterocycles. The van der Waals surface area contributed by atoms with Crippen LogP contribution in [0.25, 0.3) is 0 Å². The van der Waals surface area contributed by atoms with E-state index in [-0.39, 0.29) is 23.9 Å². The Morgan fingerprint density at radius 2 is 1.85 bits per heavy atom. The third-order valence-electron chi connectivity index (χ3n) is 7.03. The fraction of sp³-hybridized carbons (Fsp3) is 0.654. The highest BCUT2D eigenvalue weighted by Crippen LogP contribution is 2.39. The van der Waals surface area contributed by atoms with Gasteiger partial charge in [0.05, 0.1) is 0 Å². The number of urea groups is 1. The molecule has 3 unspecified atom stereocenters. The van der Waals surface area contributed by atoms with Crippen molar-refractivity contribution < 1.29 is 9.59 Å². The fourth-order valence-corrected chi connectivity index (χ4v) is 5.10. The minimum Gasteiger partial charge on any atom is -0.353 e. The topological polar surface area (TPSA) is 77.6 Å². The lowest BCUT2D eigenvalue weighted by Crippen LogP contribution is -2.49. The highest BCUT2D eigenvalue weighted by Gasteiger charge is 2.34. The van der Waals surface area contributed by atoms with Gasteiger partial charge >= 0.3 is 6.03 Å². The second-order valence-electron chi connectivity index (χ2n) is 10.2. The first kappa shape index (κ1) is 25.1. The summed E-state index contributed by atoms with van der Waals surface area (Å²) < 4.78 is 0. The number of carbonyl (C=O) groups is 2. The van der Waals surface area contributed by atoms with E-state index < -0.39 is 0 Å². The molecule has 0 saturated carbocycles. The highest BCUT2D eigenvalue weighted by atomic mass is 16.2. The first-order valence-electron chi connectivity index (χ1n) is 12.4. The predicted octanol–water partition coefficient (Wildman–Crippen LogP) is 3.68. The number of rotatable bonds is 7. The maximum Gasteiger partial charge on any atom is 0.315 e. The molecule has 1 aliphatic carbocycles. The van der Waals surface area contributed by atoms with Crippen LogP contribution in [0.4, 0.5) is 10.6 Å². The zero-order valence-corrected chi connectivity index (χ0v) is 20.9. The van der Waals surface area contributed by atoms with Gasteiger partial charge in [0.15, 0.2) is 0 Å². The Bertz CT molecular complexity index is 815. The van der Waals surface area contributed by atoms with Crippen LogP contribution in [0.2, 0.25) is 0 Å². The smallest absolute Gasteiger partial charge is 0.315 e. The molecule has 2 aliphatic rings. The first-order chi connectivity index (χ1) is 15.7. The van der Waals surface area contributed by atoms with E-state index in [1.807, 2.05) is 43.1 Å². The second kappa shape index (κ2) is 11.5. The number of carbonyl (C=O) groups excluding carboxylic acids is 2. The Morgan fingerprint density at radius 3 is 2.45 bits per heavy atom. The normalized spacial score (nSPS) is 23.5. The van der Waals surface area contributed by atoms with Crippen LogP contribution in [-0.2, 0) is 4.79 Å². The first-order valence-corrected chi connectivity index (χ1v) is 12.4. The average Bonchev–Trinajstić information content (AvgIpc) is 2.79. The summed E-state index contributed by atoms with van der Waals surface area (Å²) in [7, 11) is 0. The lowest BCUT2D eigenvalue weighted by Gasteiger charge is -2.39. The number of nitrogens with zero attached hydrogens (tertiary/aromatic N) is 3. The molecule has 1 aliphatic heterocycles. The summed E-state index contributed by atoms with van der Waals surface area (Å²) >= 11 is 0. The number of nitrogens with one attached hydrogen (secondary N) is 2. The number of piperazine rings is 1. The standard InChI is InChI=1S/C26H41N5O2/c1-18(2)23-15-21(20(5)14-22(23)17-28-26(33)29-19(3)4)16-25(32)31-12-10-30(11-13-31)24-8-6-7-9-27-24/h6-9,14,18-19,21-23H,10-13,15-17H2,1-5H3,(H2,28,29,33). The number of allylic oxidation sites excluding steroid dienone is 1. The molecule has 3 amide bonds. The minimum absolute atomic E-state index is 0.110. The maximum absolute atomic E-state index is 13.1. The molecule has 2 N–H and O–H groups in total. The van der Waals surface area contributed by atoms with Crippen LogP contribution in [0.1, 0.15) is 47.5 Å². The minimum atomic E-state index is -0.110. The SMILES string of the molecule is CC1=CC(CNC(=O)NC(C)C)C(C(C)C)CC1CC(=O)N1CCN(c2ccccn2)CC1. The van der Waals surface area contributed by atoms with Gasteiger partial charge in [0, 0.05) is 51.4 Å². The van der Waals surface area contributed by atoms with E-state index in [2.05, 4.69) is 47.4 Å². The highest BCUT2D eigenvalue weighted by molar-refractivity contribution is 5.77. The van der Waals surface area contributed by atoms with Gasteiger partial charge in [-0.2, -0.15) is 0 Å². The molecule has 1 aromatic heterocycles. The Labute approximate surface area is 199 Å². The zero-order chi connectivity index (χ0) is 24.0. The van der Waals surface area contributed by atoms with Crippen LogP contribution >= 0.6 is 0 Å². The van der Waals surface area contributed by atoms with Crippen LogP contribution < -0.4 is 15.5 Å². The third kappa shape index (κ3) is 6.95. The Hall–Kier alpha value is -2.57. The summed E-state index contributed by atoms with van der Waals surface area (Å²) in [5.41, 5.74) is 1.28. The van der Waals surface area contributed by atoms with Gasteiger partial charge in [-0.05, 0) is 63.0 Å². The van der Waals surface area contributed by atoms with E-state index in [1.165, 1.54) is 5.57 Å². The van der Waals surface area contributed by atoms with E-state index in [0.717, 1.165) is 38.4 Å². The molecular weight excluding hydrogens is 414 g/mol. The molecule has 7 nitrogen and oxygen atoms in total. The molecule has 182 valence electrons. The van der Waals surface area contributed by atoms with Gasteiger partial charge in [-0.15, -0.1) is 0 Å². The molecule has 3 atom stereocenters. The Balaban J connectivity index is 1.55. The van der Waals surface area contributed by atoms with Crippen molar-refractivity contribution >= 4 is 17.8 Å². The molecule has 0 bridgehead atoms. The number of hydrogen-bond donors (Lipinski definition) is 2. The number of hydrogen-bond acceptors (Lipinski definition) is 4. The van der Waals surface area contributed by atoms with Crippen molar-refractivity contribution in [3.8, 4) is 0 Å². The third-order valence-corrected chi connectivity index (χ3v) is 7.03. The molecule has 3 rings (SSSR count). The second-order valence-corrected chi connectivity index (χ2v) is 10.2. The van der Waals surface area contributed by atoms with Gasteiger partial charge in [0.1, 0.15) is 5.82 Å². The summed E-state index contributed by atoms with van der Waals surface area (Å²) in [6, 6.07) is 5.96. The summed E-state index contributed by atoms with van der Waals surface area (Å²) in [5.74, 6) is 2.76. The molecular formula is C26H41N5O2. The number of aromatic nitrogens is 1. The Kier molecular flexibility index (Phi) is 8.75. The van der Waals surface area contributed by atoms with Crippen LogP contribution in [0.5, 0.6) is 0 Å². The number of amides is 3. The van der Waals surface area contributed by atoms with E-state index in [1.54, 1.807) is 0 Å². The van der Waals surface area contributed by atoms with Crippen molar-refractivity contribution in [2.75, 3.05) is 37.6 Å². The van der Waals surface area contributed by atoms with E-state index in [9.17, 15) is 9.59 Å². The van der Waals surface area contributed by atoms with E-state index in [0.29, 0.717) is 30.7 Å². The predicted molar refractivity (Wildman–Crippen MR) is 133 cm³/mol. The lowest BCUT2D eigenvalue weighted by molar-refractivity contribution is -0.132. The molecule has 0 aromatic carbocycles. The van der Waals surface area contributed by atoms with Gasteiger partial charge in [-0.25, -0.2) is 9.78 Å². The van der Waals surface area contributed by atoms with Crippen LogP contribution in [0.15, 0.2) is 36.0 Å². The summed E-state index contributed by atoms with van der Waals surface area (Å²) in [6.07, 6.45) is 5.69. The Morgan fingerprint density at radius 1 is 1.12 bits per heavy atom. The van der Waals surface area contributed by atoms with Gasteiger partial charge in [0.2, 0.25) is 5.91 Å². The molecule has 2 heterocycles. The fourth-order valence-electron chi connectivity index (χ4n) is 5.10. The molecule has 1 fully saturated rings. The molecule has 0 radical (unpaired) electrons. The monoisotopic (exact) mass is 455 g/mol. The summed E-state index contributed by atoms with van der Waals surface area (Å²) in [6.45, 7) is 14.3. The van der Waals surface area contributed by atoms with Gasteiger partial charge in [-0.1, -0.05) is 31.6 Å². The molecule has 33 heavy (non-hydrogen) atoms. The average molecular weight is 456 g/mol. The quantitative estimate of drug-likeness (QED) is 0.615. The van der Waals surface area contributed by atoms with E-state index >= 15 is 0 Å². The molecule has 0 spiro atoms. The van der Waals surface area contributed by atoms with Crippen LogP contribution in [0, 0.1) is 23.7 Å². The van der Waals surface area contributed by atoms with Crippen molar-refractivity contribution in [2.24, 2.45) is 23.7 Å². The maximum atomic E-state index is 13.1. The van der Waals surface area contributed by atoms with Gasteiger partial charge in [-0.3, -0.25) is 4.79 Å². The van der Waals surface area contributed by atoms with Gasteiger partial charge < -0.3 is 20.4 Å². The van der Waals surface area contributed by atoms with Crippen molar-refractivity contribution in [1.29, 1.82) is 0 Å². The largest absolute Gasteiger partial charge is 0.353 e. The summed E-state index contributed by atoms with van der Waals surface area (Å²) in [4.78, 5) is 33.9. The van der Waals surface area contributed by atoms with Crippen LogP contribution in [-0.4, -0.2) is 60.6 Å². The van der Waals surface area contributed by atoms with Crippen LogP contribution in [0.3, 0.4) is 0 Å². The summed E-state index contributed by atoms with van der Waals surface area (Å²) in [5, 5.41) is 5.93. The molecule has 7 heteroatoms. The van der Waals surface area contributed by atoms with Gasteiger partial charge in [0.25, 0.3) is 0 Å². The molecule has 1 aromatic rings. The van der Waals surface area contributed by atoms with Crippen molar-refractivity contribution in [3.05, 3.63) is 36.0 Å². The van der Waals surface area contributed by atoms with E-state index in [4.69, 9.17) is 0 Å². The lowest BCUT2D eigenvalue weighted by atomic mass is 9.69. The van der Waals surface area contributed by atoms with Crippen molar-refractivity contribution in [1.82, 2.24) is 20.5 Å².